The molecule has 8 heteroatoms. The quantitative estimate of drug-likeness (QED) is 0.499. The predicted molar refractivity (Wildman–Crippen MR) is 106 cm³/mol. The maximum atomic E-state index is 12.2. The van der Waals surface area contributed by atoms with Gasteiger partial charge < -0.3 is 15.4 Å². The number of carbonyl (C=O) groups is 2. The van der Waals surface area contributed by atoms with E-state index in [2.05, 4.69) is 36.5 Å². The fourth-order valence-corrected chi connectivity index (χ4v) is 2.73. The lowest BCUT2D eigenvalue weighted by molar-refractivity contribution is -0.118. The topological polar surface area (TPSA) is 107 Å². The fraction of sp³-hybridized carbons (Fsp3) is 0.158. The second-order valence-corrected chi connectivity index (χ2v) is 7.15. The smallest absolute Gasteiger partial charge is 0.295 e. The van der Waals surface area contributed by atoms with Crippen molar-refractivity contribution in [3.8, 4) is 5.88 Å². The summed E-state index contributed by atoms with van der Waals surface area (Å²) in [5, 5.41) is 21.0. The third-order valence-electron chi connectivity index (χ3n) is 3.88. The number of fused-ring (bicyclic) bond motifs is 1. The molecule has 0 fully saturated rings. The van der Waals surface area contributed by atoms with Gasteiger partial charge in [-0.05, 0) is 42.5 Å². The fourth-order valence-electron chi connectivity index (χ4n) is 2.37. The lowest BCUT2D eigenvalue weighted by atomic mass is 10.1. The molecule has 0 aliphatic heterocycles. The van der Waals surface area contributed by atoms with Crippen LogP contribution in [0.25, 0.3) is 10.9 Å². The van der Waals surface area contributed by atoms with E-state index in [0.29, 0.717) is 22.2 Å². The number of hydrogen-bond donors (Lipinski definition) is 3. The molecule has 0 spiro atoms. The van der Waals surface area contributed by atoms with Gasteiger partial charge in [-0.25, -0.2) is 0 Å². The molecular weight excluding hydrogens is 412 g/mol. The Labute approximate surface area is 163 Å². The highest BCUT2D eigenvalue weighted by molar-refractivity contribution is 9.10. The van der Waals surface area contributed by atoms with Crippen LogP contribution in [-0.4, -0.2) is 21.9 Å². The van der Waals surface area contributed by atoms with Gasteiger partial charge in [0.15, 0.2) is 5.69 Å². The first-order valence-electron chi connectivity index (χ1n) is 8.22. The van der Waals surface area contributed by atoms with Crippen molar-refractivity contribution < 1.29 is 14.7 Å². The Kier molecular flexibility index (Phi) is 5.36. The van der Waals surface area contributed by atoms with Crippen molar-refractivity contribution in [2.45, 2.75) is 13.8 Å². The maximum absolute atomic E-state index is 12.2. The van der Waals surface area contributed by atoms with Gasteiger partial charge in [-0.15, -0.1) is 10.2 Å². The van der Waals surface area contributed by atoms with Gasteiger partial charge in [-0.2, -0.15) is 0 Å². The van der Waals surface area contributed by atoms with E-state index in [4.69, 9.17) is 0 Å². The number of benzene rings is 2. The molecule has 0 atom stereocenters. The zero-order chi connectivity index (χ0) is 19.6. The monoisotopic (exact) mass is 428 g/mol. The third-order valence-corrected chi connectivity index (χ3v) is 4.37. The van der Waals surface area contributed by atoms with Crippen LogP contribution >= 0.6 is 15.9 Å². The largest absolute Gasteiger partial charge is 0.493 e. The highest BCUT2D eigenvalue weighted by atomic mass is 79.9. The average Bonchev–Trinajstić information content (AvgIpc) is 2.94. The molecule has 0 radical (unpaired) electrons. The van der Waals surface area contributed by atoms with Crippen molar-refractivity contribution in [1.82, 2.24) is 4.98 Å². The Morgan fingerprint density at radius 3 is 2.52 bits per heavy atom. The summed E-state index contributed by atoms with van der Waals surface area (Å²) < 4.78 is 0.816. The summed E-state index contributed by atoms with van der Waals surface area (Å²) in [5.74, 6) is -0.953. The number of hydrogen-bond acceptors (Lipinski definition) is 4. The van der Waals surface area contributed by atoms with Gasteiger partial charge in [-0.1, -0.05) is 29.8 Å². The Morgan fingerprint density at radius 1 is 1.15 bits per heavy atom. The summed E-state index contributed by atoms with van der Waals surface area (Å²) in [6.45, 7) is 3.60. The van der Waals surface area contributed by atoms with Crippen molar-refractivity contribution in [2.75, 3.05) is 5.32 Å². The van der Waals surface area contributed by atoms with Crippen molar-refractivity contribution in [1.29, 1.82) is 0 Å². The van der Waals surface area contributed by atoms with Gasteiger partial charge in [0.05, 0.1) is 5.52 Å². The molecule has 2 amide bonds. The van der Waals surface area contributed by atoms with Gasteiger partial charge in [-0.3, -0.25) is 9.59 Å². The molecule has 3 aromatic rings. The number of halogens is 1. The van der Waals surface area contributed by atoms with E-state index < -0.39 is 5.91 Å². The van der Waals surface area contributed by atoms with Gasteiger partial charge in [0.1, 0.15) is 0 Å². The third kappa shape index (κ3) is 4.22. The van der Waals surface area contributed by atoms with Crippen LogP contribution in [0.15, 0.2) is 57.2 Å². The molecule has 3 rings (SSSR count). The number of aromatic nitrogens is 1. The molecule has 2 aromatic carbocycles. The van der Waals surface area contributed by atoms with Gasteiger partial charge in [0.25, 0.3) is 5.91 Å². The van der Waals surface area contributed by atoms with Crippen molar-refractivity contribution in [3.05, 3.63) is 52.5 Å². The number of anilines is 1. The van der Waals surface area contributed by atoms with Crippen LogP contribution in [0.5, 0.6) is 5.88 Å². The lowest BCUT2D eigenvalue weighted by Crippen LogP contribution is -2.17. The van der Waals surface area contributed by atoms with Crippen LogP contribution in [0.2, 0.25) is 0 Å². The molecule has 0 unspecified atom stereocenters. The minimum absolute atomic E-state index is 0.102. The summed E-state index contributed by atoms with van der Waals surface area (Å²) in [4.78, 5) is 26.7. The van der Waals surface area contributed by atoms with Gasteiger partial charge in [0.2, 0.25) is 11.8 Å². The summed E-state index contributed by atoms with van der Waals surface area (Å²) in [6, 6.07) is 11.8. The molecule has 0 aliphatic carbocycles. The normalized spacial score (nSPS) is 11.4. The van der Waals surface area contributed by atoms with Crippen LogP contribution < -0.4 is 5.32 Å². The van der Waals surface area contributed by atoms with Gasteiger partial charge >= 0.3 is 0 Å². The standard InChI is InChI=1S/C19H17BrN4O3/c1-10(2)17(25)21-13-6-3-11(4-7-13)18(26)24-23-16-14-9-12(20)5-8-15(14)22-19(16)27/h3-10,22,27H,1-2H3,(H,21,25). The second-order valence-electron chi connectivity index (χ2n) is 6.24. The number of carbonyl (C=O) groups excluding carboxylic acids is 2. The molecule has 3 N–H and O–H groups in total. The number of nitrogens with zero attached hydrogens (tertiary/aromatic N) is 2. The van der Waals surface area contributed by atoms with E-state index in [1.165, 1.54) is 0 Å². The SMILES string of the molecule is CC(C)C(=O)Nc1ccc(C(=O)N=Nc2c(O)[nH]c3ccc(Br)cc23)cc1. The lowest BCUT2D eigenvalue weighted by Gasteiger charge is -2.07. The molecule has 1 heterocycles. The van der Waals surface area contributed by atoms with E-state index in [1.807, 2.05) is 6.07 Å². The first-order chi connectivity index (χ1) is 12.8. The molecule has 1 aromatic heterocycles. The molecule has 0 saturated carbocycles. The van der Waals surface area contributed by atoms with E-state index >= 15 is 0 Å². The minimum Gasteiger partial charge on any atom is -0.493 e. The summed E-state index contributed by atoms with van der Waals surface area (Å²) in [5.41, 5.74) is 1.80. The number of nitrogens with one attached hydrogen (secondary N) is 2. The van der Waals surface area contributed by atoms with Crippen molar-refractivity contribution in [2.24, 2.45) is 16.1 Å². The van der Waals surface area contributed by atoms with Crippen LogP contribution in [0.4, 0.5) is 11.4 Å². The molecule has 138 valence electrons. The van der Waals surface area contributed by atoms with E-state index in [-0.39, 0.29) is 23.4 Å². The van der Waals surface area contributed by atoms with Crippen LogP contribution in [0.3, 0.4) is 0 Å². The Hall–Kier alpha value is -3.00. The number of rotatable bonds is 4. The molecule has 27 heavy (non-hydrogen) atoms. The highest BCUT2D eigenvalue weighted by Crippen LogP contribution is 2.36. The zero-order valence-electron chi connectivity index (χ0n) is 14.7. The van der Waals surface area contributed by atoms with E-state index in [1.54, 1.807) is 50.2 Å². The molecular formula is C19H17BrN4O3. The highest BCUT2D eigenvalue weighted by Gasteiger charge is 2.12. The predicted octanol–water partition coefficient (Wildman–Crippen LogP) is 5.15. The number of aromatic amines is 1. The van der Waals surface area contributed by atoms with Crippen LogP contribution in [-0.2, 0) is 4.79 Å². The van der Waals surface area contributed by atoms with Crippen molar-refractivity contribution >= 4 is 50.0 Å². The van der Waals surface area contributed by atoms with Crippen LogP contribution in [0, 0.1) is 5.92 Å². The number of H-pyrrole nitrogens is 1. The molecule has 0 aliphatic rings. The zero-order valence-corrected chi connectivity index (χ0v) is 16.2. The maximum Gasteiger partial charge on any atom is 0.295 e. The first-order valence-corrected chi connectivity index (χ1v) is 9.01. The van der Waals surface area contributed by atoms with Crippen molar-refractivity contribution in [3.63, 3.8) is 0 Å². The number of amides is 2. The Morgan fingerprint density at radius 2 is 1.85 bits per heavy atom. The van der Waals surface area contributed by atoms with E-state index in [0.717, 1.165) is 4.47 Å². The van der Waals surface area contributed by atoms with E-state index in [9.17, 15) is 14.7 Å². The van der Waals surface area contributed by atoms with Gasteiger partial charge in [0, 0.05) is 27.0 Å². The van der Waals surface area contributed by atoms with Crippen LogP contribution in [0.1, 0.15) is 24.2 Å². The summed E-state index contributed by atoms with van der Waals surface area (Å²) in [7, 11) is 0. The number of aromatic hydroxyl groups is 1. The first kappa shape index (κ1) is 18.8. The molecule has 0 bridgehead atoms. The second kappa shape index (κ2) is 7.71. The molecule has 7 nitrogen and oxygen atoms in total. The Bertz CT molecular complexity index is 1040. The molecule has 0 saturated heterocycles. The summed E-state index contributed by atoms with van der Waals surface area (Å²) in [6.07, 6.45) is 0. The summed E-state index contributed by atoms with van der Waals surface area (Å²) >= 11 is 3.36. The number of azo groups is 1. The minimum atomic E-state index is -0.555. The average molecular weight is 429 g/mol. The Balaban J connectivity index is 1.78.